The lowest BCUT2D eigenvalue weighted by Gasteiger charge is -2.33. The SMILES string of the molecule is CCNC(=NCc1cccnc1N1CCCC(C(N)=O)C1)NCCc1ccccc1F. The summed E-state index contributed by atoms with van der Waals surface area (Å²) in [7, 11) is 0. The summed E-state index contributed by atoms with van der Waals surface area (Å²) in [6.45, 7) is 5.16. The molecule has 0 bridgehead atoms. The minimum Gasteiger partial charge on any atom is -0.369 e. The number of rotatable bonds is 8. The monoisotopic (exact) mass is 426 g/mol. The molecule has 0 saturated carbocycles. The zero-order chi connectivity index (χ0) is 22.1. The summed E-state index contributed by atoms with van der Waals surface area (Å²) >= 11 is 0. The lowest BCUT2D eigenvalue weighted by Crippen LogP contribution is -2.42. The Morgan fingerprint density at radius 1 is 1.26 bits per heavy atom. The normalized spacial score (nSPS) is 16.8. The predicted molar refractivity (Wildman–Crippen MR) is 121 cm³/mol. The number of hydrogen-bond acceptors (Lipinski definition) is 4. The number of piperidine rings is 1. The average molecular weight is 427 g/mol. The van der Waals surface area contributed by atoms with E-state index in [4.69, 9.17) is 5.73 Å². The highest BCUT2D eigenvalue weighted by Gasteiger charge is 2.25. The smallest absolute Gasteiger partial charge is 0.222 e. The minimum atomic E-state index is -0.256. The highest BCUT2D eigenvalue weighted by Crippen LogP contribution is 2.24. The molecule has 1 unspecified atom stereocenters. The van der Waals surface area contributed by atoms with Gasteiger partial charge in [-0.15, -0.1) is 0 Å². The number of halogens is 1. The maximum atomic E-state index is 13.8. The molecule has 0 radical (unpaired) electrons. The molecular weight excluding hydrogens is 395 g/mol. The lowest BCUT2D eigenvalue weighted by atomic mass is 9.97. The van der Waals surface area contributed by atoms with Gasteiger partial charge < -0.3 is 21.3 Å². The van der Waals surface area contributed by atoms with E-state index in [1.54, 1.807) is 18.3 Å². The quantitative estimate of drug-likeness (QED) is 0.444. The van der Waals surface area contributed by atoms with Crippen LogP contribution in [0.3, 0.4) is 0 Å². The standard InChI is InChI=1S/C23H31FN6O/c1-2-26-23(28-13-11-17-7-3-4-10-20(17)24)29-15-18-8-5-12-27-22(18)30-14-6-9-19(16-30)21(25)31/h3-5,7-8,10,12,19H,2,6,9,11,13-16H2,1H3,(H2,25,31)(H2,26,28,29). The van der Waals surface area contributed by atoms with Crippen LogP contribution in [-0.2, 0) is 17.8 Å². The summed E-state index contributed by atoms with van der Waals surface area (Å²) in [4.78, 5) is 23.0. The first-order chi connectivity index (χ1) is 15.1. The molecule has 4 N–H and O–H groups in total. The number of carbonyl (C=O) groups excluding carboxylic acids is 1. The first-order valence-corrected chi connectivity index (χ1v) is 10.8. The Hall–Kier alpha value is -3.16. The molecule has 7 nitrogen and oxygen atoms in total. The maximum absolute atomic E-state index is 13.8. The second kappa shape index (κ2) is 11.3. The van der Waals surface area contributed by atoms with Crippen LogP contribution in [0, 0.1) is 11.7 Å². The van der Waals surface area contributed by atoms with Gasteiger partial charge in [0.1, 0.15) is 11.6 Å². The molecule has 2 aromatic rings. The third kappa shape index (κ3) is 6.41. The molecule has 31 heavy (non-hydrogen) atoms. The zero-order valence-corrected chi connectivity index (χ0v) is 18.0. The van der Waals surface area contributed by atoms with E-state index in [0.29, 0.717) is 37.6 Å². The average Bonchev–Trinajstić information content (AvgIpc) is 2.79. The van der Waals surface area contributed by atoms with Crippen molar-refractivity contribution in [2.75, 3.05) is 31.1 Å². The van der Waals surface area contributed by atoms with Gasteiger partial charge in [0.15, 0.2) is 5.96 Å². The topological polar surface area (TPSA) is 95.6 Å². The molecule has 2 heterocycles. The van der Waals surface area contributed by atoms with E-state index in [2.05, 4.69) is 25.5 Å². The third-order valence-electron chi connectivity index (χ3n) is 5.39. The van der Waals surface area contributed by atoms with Crippen LogP contribution in [0.25, 0.3) is 0 Å². The minimum absolute atomic E-state index is 0.149. The summed E-state index contributed by atoms with van der Waals surface area (Å²) < 4.78 is 13.8. The van der Waals surface area contributed by atoms with Gasteiger partial charge in [0.2, 0.25) is 5.91 Å². The number of anilines is 1. The van der Waals surface area contributed by atoms with E-state index >= 15 is 0 Å². The van der Waals surface area contributed by atoms with Crippen molar-refractivity contribution >= 4 is 17.7 Å². The van der Waals surface area contributed by atoms with Crippen molar-refractivity contribution in [1.29, 1.82) is 0 Å². The number of aromatic nitrogens is 1. The van der Waals surface area contributed by atoms with Gasteiger partial charge >= 0.3 is 0 Å². The molecule has 0 aliphatic carbocycles. The Kier molecular flexibility index (Phi) is 8.20. The predicted octanol–water partition coefficient (Wildman–Crippen LogP) is 2.22. The van der Waals surface area contributed by atoms with Crippen molar-refractivity contribution < 1.29 is 9.18 Å². The Bertz CT molecular complexity index is 903. The number of primary amides is 1. The van der Waals surface area contributed by atoms with Gasteiger partial charge in [-0.2, -0.15) is 0 Å². The van der Waals surface area contributed by atoms with E-state index in [1.807, 2.05) is 25.1 Å². The van der Waals surface area contributed by atoms with Gasteiger partial charge in [-0.3, -0.25) is 4.79 Å². The second-order valence-electron chi connectivity index (χ2n) is 7.64. The molecule has 166 valence electrons. The molecule has 1 amide bonds. The fourth-order valence-corrected chi connectivity index (χ4v) is 3.76. The van der Waals surface area contributed by atoms with Crippen LogP contribution in [-0.4, -0.2) is 43.0 Å². The summed E-state index contributed by atoms with van der Waals surface area (Å²) in [6, 6.07) is 10.7. The Balaban J connectivity index is 1.65. The van der Waals surface area contributed by atoms with Crippen molar-refractivity contribution in [3.05, 3.63) is 59.5 Å². The van der Waals surface area contributed by atoms with E-state index < -0.39 is 0 Å². The molecule has 8 heteroatoms. The number of benzene rings is 1. The fraction of sp³-hybridized carbons (Fsp3) is 0.435. The highest BCUT2D eigenvalue weighted by atomic mass is 19.1. The third-order valence-corrected chi connectivity index (χ3v) is 5.39. The van der Waals surface area contributed by atoms with Crippen molar-refractivity contribution in [2.24, 2.45) is 16.6 Å². The summed E-state index contributed by atoms with van der Waals surface area (Å²) in [5, 5.41) is 6.49. The molecule has 1 aromatic heterocycles. The molecule has 0 spiro atoms. The maximum Gasteiger partial charge on any atom is 0.222 e. The number of hydrogen-bond donors (Lipinski definition) is 3. The molecule has 1 aliphatic heterocycles. The number of amides is 1. The first-order valence-electron chi connectivity index (χ1n) is 10.8. The Labute approximate surface area is 183 Å². The first kappa shape index (κ1) is 22.5. The van der Waals surface area contributed by atoms with Crippen molar-refractivity contribution in [1.82, 2.24) is 15.6 Å². The van der Waals surface area contributed by atoms with Gasteiger partial charge in [0, 0.05) is 37.9 Å². The van der Waals surface area contributed by atoms with Crippen LogP contribution in [0.5, 0.6) is 0 Å². The van der Waals surface area contributed by atoms with Gasteiger partial charge in [-0.05, 0) is 43.9 Å². The molecule has 1 atom stereocenters. The van der Waals surface area contributed by atoms with E-state index in [-0.39, 0.29) is 17.6 Å². The number of pyridine rings is 1. The van der Waals surface area contributed by atoms with Crippen molar-refractivity contribution in [3.63, 3.8) is 0 Å². The number of nitrogens with one attached hydrogen (secondary N) is 2. The van der Waals surface area contributed by atoms with E-state index in [1.165, 1.54) is 6.07 Å². The summed E-state index contributed by atoms with van der Waals surface area (Å²) in [5.41, 5.74) is 7.19. The summed E-state index contributed by atoms with van der Waals surface area (Å²) in [5.74, 6) is 0.918. The van der Waals surface area contributed by atoms with E-state index in [9.17, 15) is 9.18 Å². The fourth-order valence-electron chi connectivity index (χ4n) is 3.76. The van der Waals surface area contributed by atoms with Gasteiger partial charge in [0.05, 0.1) is 12.5 Å². The summed E-state index contributed by atoms with van der Waals surface area (Å²) in [6.07, 6.45) is 4.06. The number of guanidine groups is 1. The van der Waals surface area contributed by atoms with Crippen LogP contribution in [0.4, 0.5) is 10.2 Å². The Morgan fingerprint density at radius 3 is 2.84 bits per heavy atom. The molecule has 1 aliphatic rings. The number of aliphatic imine (C=N–C) groups is 1. The van der Waals surface area contributed by atoms with Crippen LogP contribution in [0.2, 0.25) is 0 Å². The number of nitrogens with zero attached hydrogens (tertiary/aromatic N) is 3. The molecular formula is C23H31FN6O. The zero-order valence-electron chi connectivity index (χ0n) is 18.0. The van der Waals surface area contributed by atoms with E-state index in [0.717, 1.165) is 37.3 Å². The molecule has 1 saturated heterocycles. The van der Waals surface area contributed by atoms with Crippen molar-refractivity contribution in [3.8, 4) is 0 Å². The highest BCUT2D eigenvalue weighted by molar-refractivity contribution is 5.80. The Morgan fingerprint density at radius 2 is 2.06 bits per heavy atom. The number of nitrogens with two attached hydrogens (primary N) is 1. The van der Waals surface area contributed by atoms with Crippen LogP contribution in [0.15, 0.2) is 47.6 Å². The largest absolute Gasteiger partial charge is 0.369 e. The molecule has 3 rings (SSSR count). The van der Waals surface area contributed by atoms with Gasteiger partial charge in [-0.1, -0.05) is 24.3 Å². The molecule has 1 aromatic carbocycles. The lowest BCUT2D eigenvalue weighted by molar-refractivity contribution is -0.122. The molecule has 1 fully saturated rings. The second-order valence-corrected chi connectivity index (χ2v) is 7.64. The van der Waals surface area contributed by atoms with Crippen LogP contribution < -0.4 is 21.3 Å². The number of carbonyl (C=O) groups is 1. The van der Waals surface area contributed by atoms with Gasteiger partial charge in [0.25, 0.3) is 0 Å². The van der Waals surface area contributed by atoms with Gasteiger partial charge in [-0.25, -0.2) is 14.4 Å². The van der Waals surface area contributed by atoms with Crippen molar-refractivity contribution in [2.45, 2.75) is 32.7 Å². The van der Waals surface area contributed by atoms with Crippen LogP contribution in [0.1, 0.15) is 30.9 Å². The van der Waals surface area contributed by atoms with Crippen LogP contribution >= 0.6 is 0 Å².